The van der Waals surface area contributed by atoms with Gasteiger partial charge in [-0.2, -0.15) is 0 Å². The van der Waals surface area contributed by atoms with Gasteiger partial charge in [0.25, 0.3) is 0 Å². The van der Waals surface area contributed by atoms with Gasteiger partial charge in [-0.25, -0.2) is 8.78 Å². The highest BCUT2D eigenvalue weighted by atomic mass is 19.1. The number of hydrogen-bond donors (Lipinski definition) is 2. The van der Waals surface area contributed by atoms with Gasteiger partial charge in [0, 0.05) is 28.7 Å². The smallest absolute Gasteiger partial charge is 0.126 e. The first-order chi connectivity index (χ1) is 10.6. The van der Waals surface area contributed by atoms with Crippen molar-refractivity contribution < 1.29 is 8.78 Å². The topological polar surface area (TPSA) is 38.0 Å². The van der Waals surface area contributed by atoms with Crippen molar-refractivity contribution in [3.63, 3.8) is 0 Å². The van der Waals surface area contributed by atoms with Gasteiger partial charge >= 0.3 is 0 Å². The minimum absolute atomic E-state index is 0.397. The normalized spacial score (nSPS) is 10.5. The molecule has 0 saturated heterocycles. The summed E-state index contributed by atoms with van der Waals surface area (Å²) >= 11 is 0. The first-order valence-electron chi connectivity index (χ1n) is 6.80. The van der Waals surface area contributed by atoms with Gasteiger partial charge in [0.05, 0.1) is 0 Å². The van der Waals surface area contributed by atoms with E-state index < -0.39 is 11.6 Å². The zero-order chi connectivity index (χ0) is 15.5. The van der Waals surface area contributed by atoms with Gasteiger partial charge in [-0.15, -0.1) is 0 Å². The molecule has 0 fully saturated rings. The summed E-state index contributed by atoms with van der Waals surface area (Å²) in [6.45, 7) is 0. The van der Waals surface area contributed by atoms with Crippen molar-refractivity contribution in [3.05, 3.63) is 78.4 Å². The molecule has 22 heavy (non-hydrogen) atoms. The van der Waals surface area contributed by atoms with E-state index in [9.17, 15) is 8.78 Å². The lowest BCUT2D eigenvalue weighted by atomic mass is 10.0. The quantitative estimate of drug-likeness (QED) is 0.670. The number of nitrogen functional groups attached to an aromatic ring is 1. The lowest BCUT2D eigenvalue weighted by Crippen LogP contribution is -1.98. The number of rotatable bonds is 3. The molecule has 0 amide bonds. The summed E-state index contributed by atoms with van der Waals surface area (Å²) in [5.41, 5.74) is 9.00. The SMILES string of the molecule is Nc1cccc(Nc2ccccc2)c1-c1cc(F)cc(F)c1. The molecule has 0 unspecified atom stereocenters. The average Bonchev–Trinajstić information content (AvgIpc) is 2.47. The Balaban J connectivity index is 2.10. The maximum absolute atomic E-state index is 13.5. The molecule has 0 radical (unpaired) electrons. The van der Waals surface area contributed by atoms with E-state index in [1.165, 1.54) is 12.1 Å². The summed E-state index contributed by atoms with van der Waals surface area (Å²) in [6, 6.07) is 18.2. The molecule has 0 saturated carbocycles. The third-order valence-electron chi connectivity index (χ3n) is 3.30. The summed E-state index contributed by atoms with van der Waals surface area (Å²) < 4.78 is 27.0. The molecule has 2 nitrogen and oxygen atoms in total. The molecule has 3 aromatic rings. The second-order valence-electron chi connectivity index (χ2n) is 4.92. The molecule has 110 valence electrons. The molecule has 0 bridgehead atoms. The number of nitrogens with one attached hydrogen (secondary N) is 1. The van der Waals surface area contributed by atoms with Crippen molar-refractivity contribution in [2.45, 2.75) is 0 Å². The van der Waals surface area contributed by atoms with Crippen molar-refractivity contribution in [2.24, 2.45) is 0 Å². The molecule has 4 heteroatoms. The predicted molar refractivity (Wildman–Crippen MR) is 85.9 cm³/mol. The molecule has 3 aromatic carbocycles. The predicted octanol–water partition coefficient (Wildman–Crippen LogP) is 4.96. The fourth-order valence-corrected chi connectivity index (χ4v) is 2.37. The Morgan fingerprint density at radius 1 is 0.773 bits per heavy atom. The van der Waals surface area contributed by atoms with E-state index in [-0.39, 0.29) is 0 Å². The fraction of sp³-hybridized carbons (Fsp3) is 0. The maximum Gasteiger partial charge on any atom is 0.126 e. The molecular formula is C18H14F2N2. The Morgan fingerprint density at radius 3 is 2.14 bits per heavy atom. The van der Waals surface area contributed by atoms with E-state index in [4.69, 9.17) is 5.73 Å². The first kappa shape index (κ1) is 14.1. The number of anilines is 3. The Labute approximate surface area is 127 Å². The van der Waals surface area contributed by atoms with Crippen molar-refractivity contribution in [1.82, 2.24) is 0 Å². The maximum atomic E-state index is 13.5. The van der Waals surface area contributed by atoms with Gasteiger partial charge in [0.1, 0.15) is 11.6 Å². The van der Waals surface area contributed by atoms with Crippen molar-refractivity contribution in [3.8, 4) is 11.1 Å². The van der Waals surface area contributed by atoms with E-state index in [1.807, 2.05) is 36.4 Å². The number of nitrogens with two attached hydrogens (primary N) is 1. The van der Waals surface area contributed by atoms with E-state index >= 15 is 0 Å². The van der Waals surface area contributed by atoms with Crippen molar-refractivity contribution in [1.29, 1.82) is 0 Å². The van der Waals surface area contributed by atoms with Crippen LogP contribution in [0.4, 0.5) is 25.8 Å². The average molecular weight is 296 g/mol. The molecule has 0 spiro atoms. The molecule has 0 aliphatic rings. The second kappa shape index (κ2) is 5.85. The van der Waals surface area contributed by atoms with Gasteiger partial charge < -0.3 is 11.1 Å². The van der Waals surface area contributed by atoms with Crippen LogP contribution in [-0.2, 0) is 0 Å². The van der Waals surface area contributed by atoms with E-state index in [2.05, 4.69) is 5.32 Å². The lowest BCUT2D eigenvalue weighted by molar-refractivity contribution is 0.584. The van der Waals surface area contributed by atoms with Crippen molar-refractivity contribution >= 4 is 17.1 Å². The van der Waals surface area contributed by atoms with Crippen LogP contribution in [0.2, 0.25) is 0 Å². The third-order valence-corrected chi connectivity index (χ3v) is 3.30. The monoisotopic (exact) mass is 296 g/mol. The van der Waals surface area contributed by atoms with Crippen molar-refractivity contribution in [2.75, 3.05) is 11.1 Å². The highest BCUT2D eigenvalue weighted by Crippen LogP contribution is 2.35. The number of halogens is 2. The van der Waals surface area contributed by atoms with E-state index in [1.54, 1.807) is 12.1 Å². The van der Waals surface area contributed by atoms with Crippen LogP contribution in [0, 0.1) is 11.6 Å². The van der Waals surface area contributed by atoms with Crippen LogP contribution < -0.4 is 11.1 Å². The zero-order valence-electron chi connectivity index (χ0n) is 11.7. The Bertz CT molecular complexity index is 781. The van der Waals surface area contributed by atoms with Gasteiger partial charge in [0.15, 0.2) is 0 Å². The van der Waals surface area contributed by atoms with Gasteiger partial charge in [-0.3, -0.25) is 0 Å². The van der Waals surface area contributed by atoms with Gasteiger partial charge in [0.2, 0.25) is 0 Å². The van der Waals surface area contributed by atoms with Gasteiger partial charge in [-0.05, 0) is 42.0 Å². The Morgan fingerprint density at radius 2 is 1.45 bits per heavy atom. The number of para-hydroxylation sites is 1. The highest BCUT2D eigenvalue weighted by Gasteiger charge is 2.11. The largest absolute Gasteiger partial charge is 0.398 e. The van der Waals surface area contributed by atoms with Crippen LogP contribution >= 0.6 is 0 Å². The molecule has 0 aliphatic heterocycles. The van der Waals surface area contributed by atoms with Crippen LogP contribution in [0.1, 0.15) is 0 Å². The first-order valence-corrected chi connectivity index (χ1v) is 6.80. The summed E-state index contributed by atoms with van der Waals surface area (Å²) in [4.78, 5) is 0. The molecule has 0 aromatic heterocycles. The van der Waals surface area contributed by atoms with Gasteiger partial charge in [-0.1, -0.05) is 24.3 Å². The molecule has 3 N–H and O–H groups in total. The fourth-order valence-electron chi connectivity index (χ4n) is 2.37. The number of benzene rings is 3. The standard InChI is InChI=1S/C18H14F2N2/c19-13-9-12(10-14(20)11-13)18-16(21)7-4-8-17(18)22-15-5-2-1-3-6-15/h1-11,22H,21H2. The van der Waals surface area contributed by atoms with Crippen LogP contribution in [0.15, 0.2) is 66.7 Å². The highest BCUT2D eigenvalue weighted by molar-refractivity contribution is 5.89. The van der Waals surface area contributed by atoms with E-state index in [0.717, 1.165) is 11.8 Å². The molecule has 0 aliphatic carbocycles. The van der Waals surface area contributed by atoms with E-state index in [0.29, 0.717) is 22.5 Å². The zero-order valence-corrected chi connectivity index (χ0v) is 11.7. The minimum atomic E-state index is -0.635. The van der Waals surface area contributed by atoms with Crippen LogP contribution in [0.3, 0.4) is 0 Å². The Kier molecular flexibility index (Phi) is 3.74. The van der Waals surface area contributed by atoms with Crippen LogP contribution in [0.5, 0.6) is 0 Å². The van der Waals surface area contributed by atoms with Crippen LogP contribution in [0.25, 0.3) is 11.1 Å². The second-order valence-corrected chi connectivity index (χ2v) is 4.92. The summed E-state index contributed by atoms with van der Waals surface area (Å²) in [5.74, 6) is -1.27. The molecule has 0 heterocycles. The lowest BCUT2D eigenvalue weighted by Gasteiger charge is -2.15. The molecule has 3 rings (SSSR count). The summed E-state index contributed by atoms with van der Waals surface area (Å²) in [5, 5.41) is 3.23. The summed E-state index contributed by atoms with van der Waals surface area (Å²) in [7, 11) is 0. The van der Waals surface area contributed by atoms with Crippen LogP contribution in [-0.4, -0.2) is 0 Å². The minimum Gasteiger partial charge on any atom is -0.398 e. The molecular weight excluding hydrogens is 282 g/mol. The Hall–Kier alpha value is -2.88. The third kappa shape index (κ3) is 2.91. The summed E-state index contributed by atoms with van der Waals surface area (Å²) in [6.07, 6.45) is 0. The number of hydrogen-bond acceptors (Lipinski definition) is 2. The molecule has 0 atom stereocenters.